The molecule has 2 aromatic carbocycles. The van der Waals surface area contributed by atoms with Crippen LogP contribution in [0.4, 0.5) is 5.69 Å². The van der Waals surface area contributed by atoms with E-state index in [1.807, 2.05) is 0 Å². The van der Waals surface area contributed by atoms with Crippen molar-refractivity contribution in [1.29, 1.82) is 0 Å². The molecule has 2 aromatic rings. The standard InChI is InChI=1S/C21H23NO6S/c1-13(2)20(24)22-17-9-5-15(6-10-17)19(23)14(3)28-21(25)16-7-11-18(12-8-16)29(4,26)27/h5-14H,1-4H3,(H,22,24)/t14-/m1/s1. The largest absolute Gasteiger partial charge is 0.451 e. The fourth-order valence-electron chi connectivity index (χ4n) is 2.36. The number of anilines is 1. The maximum absolute atomic E-state index is 12.5. The van der Waals surface area contributed by atoms with E-state index in [9.17, 15) is 22.8 Å². The van der Waals surface area contributed by atoms with Crippen molar-refractivity contribution < 1.29 is 27.5 Å². The summed E-state index contributed by atoms with van der Waals surface area (Å²) in [6, 6.07) is 11.6. The van der Waals surface area contributed by atoms with E-state index < -0.39 is 27.7 Å². The molecule has 0 aromatic heterocycles. The maximum atomic E-state index is 12.5. The fourth-order valence-corrected chi connectivity index (χ4v) is 2.99. The van der Waals surface area contributed by atoms with Gasteiger partial charge in [-0.05, 0) is 55.5 Å². The summed E-state index contributed by atoms with van der Waals surface area (Å²) in [6.45, 7) is 5.01. The normalized spacial score (nSPS) is 12.3. The third-order valence-corrected chi connectivity index (χ3v) is 5.26. The van der Waals surface area contributed by atoms with Crippen LogP contribution in [0, 0.1) is 5.92 Å². The summed E-state index contributed by atoms with van der Waals surface area (Å²) in [5.41, 5.74) is 1.04. The quantitative estimate of drug-likeness (QED) is 0.548. The third-order valence-electron chi connectivity index (χ3n) is 4.13. The number of benzene rings is 2. The van der Waals surface area contributed by atoms with E-state index in [1.165, 1.54) is 31.2 Å². The van der Waals surface area contributed by atoms with Gasteiger partial charge in [0.15, 0.2) is 15.9 Å². The van der Waals surface area contributed by atoms with Gasteiger partial charge in [0, 0.05) is 23.4 Å². The molecule has 0 aliphatic carbocycles. The first-order valence-electron chi connectivity index (χ1n) is 8.95. The number of hydrogen-bond acceptors (Lipinski definition) is 6. The van der Waals surface area contributed by atoms with Crippen LogP contribution in [0.2, 0.25) is 0 Å². The van der Waals surface area contributed by atoms with E-state index in [0.717, 1.165) is 6.26 Å². The monoisotopic (exact) mass is 417 g/mol. The highest BCUT2D eigenvalue weighted by atomic mass is 32.2. The van der Waals surface area contributed by atoms with Crippen molar-refractivity contribution in [1.82, 2.24) is 0 Å². The summed E-state index contributed by atoms with van der Waals surface area (Å²) >= 11 is 0. The molecule has 8 heteroatoms. The minimum atomic E-state index is -3.37. The Bertz CT molecular complexity index is 1010. The van der Waals surface area contributed by atoms with Gasteiger partial charge in [0.2, 0.25) is 11.7 Å². The van der Waals surface area contributed by atoms with Gasteiger partial charge in [-0.25, -0.2) is 13.2 Å². The number of hydrogen-bond donors (Lipinski definition) is 1. The number of carbonyl (C=O) groups excluding carboxylic acids is 3. The molecule has 2 rings (SSSR count). The minimum Gasteiger partial charge on any atom is -0.451 e. The van der Waals surface area contributed by atoms with Crippen LogP contribution in [0.15, 0.2) is 53.4 Å². The van der Waals surface area contributed by atoms with Crippen molar-refractivity contribution in [2.24, 2.45) is 5.92 Å². The summed E-state index contributed by atoms with van der Waals surface area (Å²) in [5, 5.41) is 2.73. The molecule has 0 saturated heterocycles. The summed E-state index contributed by atoms with van der Waals surface area (Å²) < 4.78 is 28.1. The van der Waals surface area contributed by atoms with Crippen LogP contribution >= 0.6 is 0 Å². The van der Waals surface area contributed by atoms with Gasteiger partial charge in [-0.2, -0.15) is 0 Å². The van der Waals surface area contributed by atoms with Crippen molar-refractivity contribution in [2.75, 3.05) is 11.6 Å². The van der Waals surface area contributed by atoms with E-state index in [2.05, 4.69) is 5.32 Å². The third kappa shape index (κ3) is 5.99. The second kappa shape index (κ2) is 9.00. The van der Waals surface area contributed by atoms with Crippen molar-refractivity contribution in [3.63, 3.8) is 0 Å². The van der Waals surface area contributed by atoms with Crippen LogP contribution in [0.3, 0.4) is 0 Å². The number of ether oxygens (including phenoxy) is 1. The molecular formula is C21H23NO6S. The molecule has 7 nitrogen and oxygen atoms in total. The van der Waals surface area contributed by atoms with Crippen LogP contribution in [-0.2, 0) is 19.4 Å². The SMILES string of the molecule is CC(C)C(=O)Nc1ccc(C(=O)[C@@H](C)OC(=O)c2ccc(S(C)(=O)=O)cc2)cc1. The Morgan fingerprint density at radius 1 is 0.862 bits per heavy atom. The zero-order chi connectivity index (χ0) is 21.8. The number of sulfone groups is 1. The Morgan fingerprint density at radius 3 is 1.86 bits per heavy atom. The number of rotatable bonds is 7. The van der Waals surface area contributed by atoms with Gasteiger partial charge >= 0.3 is 5.97 Å². The van der Waals surface area contributed by atoms with Crippen LogP contribution < -0.4 is 5.32 Å². The van der Waals surface area contributed by atoms with Crippen molar-refractivity contribution in [3.8, 4) is 0 Å². The zero-order valence-electron chi connectivity index (χ0n) is 16.6. The molecule has 0 saturated carbocycles. The van der Waals surface area contributed by atoms with Crippen molar-refractivity contribution in [3.05, 3.63) is 59.7 Å². The average molecular weight is 417 g/mol. The number of amides is 1. The molecular weight excluding hydrogens is 394 g/mol. The Morgan fingerprint density at radius 2 is 1.38 bits per heavy atom. The predicted molar refractivity (Wildman–Crippen MR) is 109 cm³/mol. The lowest BCUT2D eigenvalue weighted by molar-refractivity contribution is -0.118. The number of esters is 1. The molecule has 154 valence electrons. The Labute approximate surface area is 170 Å². The lowest BCUT2D eigenvalue weighted by Crippen LogP contribution is -2.24. The molecule has 0 fully saturated rings. The van der Waals surface area contributed by atoms with Crippen molar-refractivity contribution >= 4 is 33.2 Å². The van der Waals surface area contributed by atoms with E-state index in [0.29, 0.717) is 11.3 Å². The van der Waals surface area contributed by atoms with Crippen LogP contribution in [0.25, 0.3) is 0 Å². The van der Waals surface area contributed by atoms with Gasteiger partial charge in [-0.1, -0.05) is 13.8 Å². The summed E-state index contributed by atoms with van der Waals surface area (Å²) in [6.07, 6.45) is 0.0360. The van der Waals surface area contributed by atoms with E-state index >= 15 is 0 Å². The first-order valence-corrected chi connectivity index (χ1v) is 10.8. The molecule has 0 heterocycles. The van der Waals surface area contributed by atoms with Gasteiger partial charge in [0.25, 0.3) is 0 Å². The molecule has 0 aliphatic rings. The Balaban J connectivity index is 2.02. The fraction of sp³-hybridized carbons (Fsp3) is 0.286. The highest BCUT2D eigenvalue weighted by Crippen LogP contribution is 2.15. The van der Waals surface area contributed by atoms with Crippen LogP contribution in [-0.4, -0.2) is 38.4 Å². The molecule has 1 N–H and O–H groups in total. The topological polar surface area (TPSA) is 107 Å². The Kier molecular flexibility index (Phi) is 6.92. The van der Waals surface area contributed by atoms with Crippen molar-refractivity contribution in [2.45, 2.75) is 31.8 Å². The number of ketones is 1. The van der Waals surface area contributed by atoms with E-state index in [4.69, 9.17) is 4.74 Å². The number of carbonyl (C=O) groups is 3. The smallest absolute Gasteiger partial charge is 0.338 e. The molecule has 0 aliphatic heterocycles. The molecule has 0 bridgehead atoms. The van der Waals surface area contributed by atoms with E-state index in [-0.39, 0.29) is 22.3 Å². The van der Waals surface area contributed by atoms with Gasteiger partial charge in [0.1, 0.15) is 0 Å². The number of nitrogens with one attached hydrogen (secondary N) is 1. The Hall–Kier alpha value is -3.00. The van der Waals surface area contributed by atoms with Gasteiger partial charge in [0.05, 0.1) is 10.5 Å². The van der Waals surface area contributed by atoms with Gasteiger partial charge < -0.3 is 10.1 Å². The van der Waals surface area contributed by atoms with Gasteiger partial charge in [-0.3, -0.25) is 9.59 Å². The first-order chi connectivity index (χ1) is 13.5. The summed E-state index contributed by atoms with van der Waals surface area (Å²) in [5.74, 6) is -1.42. The van der Waals surface area contributed by atoms with Gasteiger partial charge in [-0.15, -0.1) is 0 Å². The summed E-state index contributed by atoms with van der Waals surface area (Å²) in [7, 11) is -3.37. The summed E-state index contributed by atoms with van der Waals surface area (Å²) in [4.78, 5) is 36.5. The lowest BCUT2D eigenvalue weighted by Gasteiger charge is -2.13. The molecule has 0 spiro atoms. The molecule has 1 amide bonds. The molecule has 0 unspecified atom stereocenters. The highest BCUT2D eigenvalue weighted by Gasteiger charge is 2.21. The maximum Gasteiger partial charge on any atom is 0.338 e. The minimum absolute atomic E-state index is 0.0859. The average Bonchev–Trinajstić information content (AvgIpc) is 2.67. The second-order valence-electron chi connectivity index (χ2n) is 6.93. The molecule has 29 heavy (non-hydrogen) atoms. The van der Waals surface area contributed by atoms with Crippen LogP contribution in [0.1, 0.15) is 41.5 Å². The lowest BCUT2D eigenvalue weighted by atomic mass is 10.1. The first kappa shape index (κ1) is 22.3. The number of Topliss-reactive ketones (excluding diaryl/α,β-unsaturated/α-hetero) is 1. The van der Waals surface area contributed by atoms with E-state index in [1.54, 1.807) is 38.1 Å². The molecule has 1 atom stereocenters. The van der Waals surface area contributed by atoms with Crippen LogP contribution in [0.5, 0.6) is 0 Å². The highest BCUT2D eigenvalue weighted by molar-refractivity contribution is 7.90. The molecule has 0 radical (unpaired) electrons. The predicted octanol–water partition coefficient (Wildman–Crippen LogP) is 3.11. The zero-order valence-corrected chi connectivity index (χ0v) is 17.4. The second-order valence-corrected chi connectivity index (χ2v) is 8.95.